The topological polar surface area (TPSA) is 76.3 Å². The molecular weight excluding hydrogens is 238 g/mol. The fourth-order valence-corrected chi connectivity index (χ4v) is 3.52. The second kappa shape index (κ2) is 4.72. The SMILES string of the molecule is Cc1ccnc(S(=O)(=O)N2CCCC(N)C2)c1. The molecule has 1 aromatic heterocycles. The van der Waals surface area contributed by atoms with Crippen LogP contribution in [0.3, 0.4) is 0 Å². The van der Waals surface area contributed by atoms with Gasteiger partial charge in [0.25, 0.3) is 10.0 Å². The van der Waals surface area contributed by atoms with E-state index in [2.05, 4.69) is 4.98 Å². The van der Waals surface area contributed by atoms with Gasteiger partial charge >= 0.3 is 0 Å². The van der Waals surface area contributed by atoms with E-state index in [0.29, 0.717) is 13.1 Å². The number of hydrogen-bond acceptors (Lipinski definition) is 4. The molecule has 1 fully saturated rings. The Kier molecular flexibility index (Phi) is 3.46. The number of rotatable bonds is 2. The van der Waals surface area contributed by atoms with Gasteiger partial charge in [0.15, 0.2) is 5.03 Å². The van der Waals surface area contributed by atoms with Gasteiger partial charge in [0.1, 0.15) is 0 Å². The highest BCUT2D eigenvalue weighted by Gasteiger charge is 2.29. The summed E-state index contributed by atoms with van der Waals surface area (Å²) in [4.78, 5) is 3.94. The third kappa shape index (κ3) is 2.65. The van der Waals surface area contributed by atoms with E-state index in [1.807, 2.05) is 6.92 Å². The van der Waals surface area contributed by atoms with Crippen molar-refractivity contribution < 1.29 is 8.42 Å². The van der Waals surface area contributed by atoms with Gasteiger partial charge in [-0.25, -0.2) is 13.4 Å². The van der Waals surface area contributed by atoms with Crippen molar-refractivity contribution >= 4 is 10.0 Å². The summed E-state index contributed by atoms with van der Waals surface area (Å²) in [5.74, 6) is 0. The third-order valence-electron chi connectivity index (χ3n) is 2.92. The van der Waals surface area contributed by atoms with Crippen molar-refractivity contribution in [2.24, 2.45) is 5.73 Å². The van der Waals surface area contributed by atoms with Gasteiger partial charge in [-0.1, -0.05) is 0 Å². The van der Waals surface area contributed by atoms with Crippen molar-refractivity contribution in [3.05, 3.63) is 23.9 Å². The van der Waals surface area contributed by atoms with Crippen molar-refractivity contribution in [1.82, 2.24) is 9.29 Å². The van der Waals surface area contributed by atoms with Crippen LogP contribution in [0.4, 0.5) is 0 Å². The maximum absolute atomic E-state index is 12.3. The Morgan fingerprint density at radius 2 is 2.29 bits per heavy atom. The van der Waals surface area contributed by atoms with Crippen LogP contribution in [0.15, 0.2) is 23.4 Å². The van der Waals surface area contributed by atoms with Gasteiger partial charge in [-0.05, 0) is 37.5 Å². The first kappa shape index (κ1) is 12.5. The summed E-state index contributed by atoms with van der Waals surface area (Å²) in [6.45, 7) is 2.77. The Balaban J connectivity index is 2.29. The van der Waals surface area contributed by atoms with E-state index in [9.17, 15) is 8.42 Å². The fourth-order valence-electron chi connectivity index (χ4n) is 1.97. The lowest BCUT2D eigenvalue weighted by atomic mass is 10.1. The summed E-state index contributed by atoms with van der Waals surface area (Å²) in [5, 5.41) is 0.117. The molecule has 0 radical (unpaired) electrons. The zero-order valence-corrected chi connectivity index (χ0v) is 10.7. The van der Waals surface area contributed by atoms with Gasteiger partial charge in [0.2, 0.25) is 0 Å². The van der Waals surface area contributed by atoms with Gasteiger partial charge in [-0.3, -0.25) is 0 Å². The molecule has 0 bridgehead atoms. The number of hydrogen-bond donors (Lipinski definition) is 1. The van der Waals surface area contributed by atoms with Gasteiger partial charge in [0.05, 0.1) is 0 Å². The fraction of sp³-hybridized carbons (Fsp3) is 0.545. The molecule has 1 aliphatic heterocycles. The average Bonchev–Trinajstić information content (AvgIpc) is 2.29. The van der Waals surface area contributed by atoms with Gasteiger partial charge < -0.3 is 5.73 Å². The molecule has 2 rings (SSSR count). The molecule has 6 heteroatoms. The molecule has 1 aliphatic rings. The highest BCUT2D eigenvalue weighted by molar-refractivity contribution is 7.89. The zero-order chi connectivity index (χ0) is 12.5. The standard InChI is InChI=1S/C11H17N3O2S/c1-9-4-5-13-11(7-9)17(15,16)14-6-2-3-10(12)8-14/h4-5,7,10H,2-3,6,8,12H2,1H3. The molecule has 5 nitrogen and oxygen atoms in total. The third-order valence-corrected chi connectivity index (χ3v) is 4.68. The van der Waals surface area contributed by atoms with E-state index in [-0.39, 0.29) is 11.1 Å². The van der Waals surface area contributed by atoms with Crippen LogP contribution in [0, 0.1) is 6.92 Å². The molecule has 1 saturated heterocycles. The van der Waals surface area contributed by atoms with Gasteiger partial charge in [-0.15, -0.1) is 0 Å². The van der Waals surface area contributed by atoms with E-state index >= 15 is 0 Å². The number of nitrogens with zero attached hydrogens (tertiary/aromatic N) is 2. The molecule has 17 heavy (non-hydrogen) atoms. The molecular formula is C11H17N3O2S. The number of pyridine rings is 1. The van der Waals surface area contributed by atoms with Gasteiger partial charge in [-0.2, -0.15) is 4.31 Å². The van der Waals surface area contributed by atoms with E-state index in [1.165, 1.54) is 10.5 Å². The van der Waals surface area contributed by atoms with E-state index < -0.39 is 10.0 Å². The number of aromatic nitrogens is 1. The van der Waals surface area contributed by atoms with Crippen LogP contribution in [-0.4, -0.2) is 36.8 Å². The van der Waals surface area contributed by atoms with Crippen molar-refractivity contribution in [2.75, 3.05) is 13.1 Å². The monoisotopic (exact) mass is 255 g/mol. The summed E-state index contributed by atoms with van der Waals surface area (Å²) >= 11 is 0. The predicted molar refractivity (Wildman–Crippen MR) is 64.9 cm³/mol. The highest BCUT2D eigenvalue weighted by Crippen LogP contribution is 2.18. The quantitative estimate of drug-likeness (QED) is 0.835. The molecule has 0 aromatic carbocycles. The molecule has 0 aliphatic carbocycles. The van der Waals surface area contributed by atoms with E-state index in [1.54, 1.807) is 12.1 Å². The van der Waals surface area contributed by atoms with Crippen LogP contribution in [0.1, 0.15) is 18.4 Å². The Labute approximate surface area is 102 Å². The molecule has 94 valence electrons. The molecule has 2 heterocycles. The molecule has 1 atom stereocenters. The number of nitrogens with two attached hydrogens (primary N) is 1. The Morgan fingerprint density at radius 1 is 1.53 bits per heavy atom. The van der Waals surface area contributed by atoms with Gasteiger partial charge in [0, 0.05) is 25.3 Å². The van der Waals surface area contributed by atoms with Crippen LogP contribution in [0.5, 0.6) is 0 Å². The van der Waals surface area contributed by atoms with E-state index in [0.717, 1.165) is 18.4 Å². The normalized spacial score (nSPS) is 22.6. The van der Waals surface area contributed by atoms with Crippen LogP contribution in [-0.2, 0) is 10.0 Å². The summed E-state index contributed by atoms with van der Waals surface area (Å²) in [6.07, 6.45) is 3.21. The zero-order valence-electron chi connectivity index (χ0n) is 9.83. The lowest BCUT2D eigenvalue weighted by Gasteiger charge is -2.29. The maximum Gasteiger partial charge on any atom is 0.260 e. The summed E-state index contributed by atoms with van der Waals surface area (Å²) in [5.41, 5.74) is 6.69. The first-order valence-electron chi connectivity index (χ1n) is 5.68. The Bertz CT molecular complexity index is 501. The summed E-state index contributed by atoms with van der Waals surface area (Å²) in [7, 11) is -3.48. The first-order valence-corrected chi connectivity index (χ1v) is 7.12. The summed E-state index contributed by atoms with van der Waals surface area (Å²) < 4.78 is 26.0. The Hall–Kier alpha value is -0.980. The number of sulfonamides is 1. The lowest BCUT2D eigenvalue weighted by Crippen LogP contribution is -2.45. The highest BCUT2D eigenvalue weighted by atomic mass is 32.2. The number of piperidine rings is 1. The number of aryl methyl sites for hydroxylation is 1. The predicted octanol–water partition coefficient (Wildman–Crippen LogP) is 0.502. The van der Waals surface area contributed by atoms with Crippen molar-refractivity contribution in [1.29, 1.82) is 0 Å². The van der Waals surface area contributed by atoms with Crippen molar-refractivity contribution in [3.63, 3.8) is 0 Å². The van der Waals surface area contributed by atoms with Crippen molar-refractivity contribution in [2.45, 2.75) is 30.8 Å². The largest absolute Gasteiger partial charge is 0.327 e. The maximum atomic E-state index is 12.3. The van der Waals surface area contributed by atoms with Crippen LogP contribution in [0.25, 0.3) is 0 Å². The Morgan fingerprint density at radius 3 is 2.94 bits per heavy atom. The summed E-state index contributed by atoms with van der Waals surface area (Å²) in [6, 6.07) is 3.31. The molecule has 0 amide bonds. The molecule has 1 aromatic rings. The second-order valence-corrected chi connectivity index (χ2v) is 6.32. The van der Waals surface area contributed by atoms with E-state index in [4.69, 9.17) is 5.73 Å². The minimum Gasteiger partial charge on any atom is -0.327 e. The minimum absolute atomic E-state index is 0.0664. The lowest BCUT2D eigenvalue weighted by molar-refractivity contribution is 0.315. The minimum atomic E-state index is -3.48. The van der Waals surface area contributed by atoms with Crippen LogP contribution < -0.4 is 5.73 Å². The molecule has 1 unspecified atom stereocenters. The second-order valence-electron chi connectivity index (χ2n) is 4.44. The van der Waals surface area contributed by atoms with Crippen LogP contribution in [0.2, 0.25) is 0 Å². The van der Waals surface area contributed by atoms with Crippen LogP contribution >= 0.6 is 0 Å². The first-order chi connectivity index (χ1) is 8.00. The molecule has 0 saturated carbocycles. The smallest absolute Gasteiger partial charge is 0.260 e. The molecule has 2 N–H and O–H groups in total. The average molecular weight is 255 g/mol. The van der Waals surface area contributed by atoms with Crippen molar-refractivity contribution in [3.8, 4) is 0 Å². The molecule has 0 spiro atoms.